The van der Waals surface area contributed by atoms with Gasteiger partial charge in [0.1, 0.15) is 0 Å². The van der Waals surface area contributed by atoms with E-state index < -0.39 is 0 Å². The van der Waals surface area contributed by atoms with Crippen LogP contribution < -0.4 is 4.90 Å². The van der Waals surface area contributed by atoms with E-state index in [4.69, 9.17) is 0 Å². The van der Waals surface area contributed by atoms with Crippen LogP contribution in [0.3, 0.4) is 0 Å². The summed E-state index contributed by atoms with van der Waals surface area (Å²) in [6.45, 7) is 6.32. The Morgan fingerprint density at radius 3 is 2.41 bits per heavy atom. The van der Waals surface area contributed by atoms with Gasteiger partial charge >= 0.3 is 0 Å². The molecule has 3 heteroatoms. The maximum atomic E-state index is 9.48. The van der Waals surface area contributed by atoms with Gasteiger partial charge in [-0.15, -0.1) is 0 Å². The molecule has 94 valence electrons. The molecule has 1 aromatic carbocycles. The first-order valence-electron chi connectivity index (χ1n) is 6.38. The molecule has 1 aliphatic heterocycles. The number of hydrogen-bond donors (Lipinski definition) is 1. The maximum Gasteiger partial charge on any atom is 0.0761 e. The van der Waals surface area contributed by atoms with E-state index in [1.54, 1.807) is 6.92 Å². The van der Waals surface area contributed by atoms with Gasteiger partial charge in [0.05, 0.1) is 6.10 Å². The zero-order valence-electron chi connectivity index (χ0n) is 10.8. The predicted molar refractivity (Wildman–Crippen MR) is 71.4 cm³/mol. The van der Waals surface area contributed by atoms with Gasteiger partial charge in [-0.2, -0.15) is 0 Å². The minimum atomic E-state index is -0.376. The van der Waals surface area contributed by atoms with Crippen molar-refractivity contribution in [2.24, 2.45) is 0 Å². The van der Waals surface area contributed by atoms with E-state index in [0.29, 0.717) is 0 Å². The molecule has 3 nitrogen and oxygen atoms in total. The van der Waals surface area contributed by atoms with Crippen LogP contribution in [0.25, 0.3) is 0 Å². The fraction of sp³-hybridized carbons (Fsp3) is 0.571. The van der Waals surface area contributed by atoms with Crippen LogP contribution in [0.2, 0.25) is 0 Å². The van der Waals surface area contributed by atoms with E-state index in [9.17, 15) is 5.11 Å². The second-order valence-corrected chi connectivity index (χ2v) is 4.91. The Balaban J connectivity index is 2.06. The van der Waals surface area contributed by atoms with Crippen LogP contribution >= 0.6 is 0 Å². The number of aliphatic hydroxyl groups excluding tert-OH is 1. The van der Waals surface area contributed by atoms with Crippen molar-refractivity contribution in [1.29, 1.82) is 0 Å². The van der Waals surface area contributed by atoms with Gasteiger partial charge in [0.15, 0.2) is 0 Å². The predicted octanol–water partition coefficient (Wildman–Crippen LogP) is 1.88. The smallest absolute Gasteiger partial charge is 0.0761 e. The topological polar surface area (TPSA) is 26.7 Å². The van der Waals surface area contributed by atoms with Crippen molar-refractivity contribution in [3.63, 3.8) is 0 Å². The molecule has 0 unspecified atom stereocenters. The van der Waals surface area contributed by atoms with Gasteiger partial charge in [-0.3, -0.25) is 0 Å². The number of nitrogens with zero attached hydrogens (tertiary/aromatic N) is 2. The molecule has 0 aromatic heterocycles. The van der Waals surface area contributed by atoms with Crippen molar-refractivity contribution in [3.05, 3.63) is 29.8 Å². The Morgan fingerprint density at radius 1 is 1.06 bits per heavy atom. The average Bonchev–Trinajstić information content (AvgIpc) is 2.54. The van der Waals surface area contributed by atoms with Crippen LogP contribution in [0, 0.1) is 0 Å². The molecule has 0 saturated carbocycles. The standard InChI is InChI=1S/C14H22N2O/c1-12(17)13-4-6-14(7-5-13)16-9-3-8-15(2)10-11-16/h4-7,12,17H,3,8-11H2,1-2H3/t12-/m1/s1. The molecular formula is C14H22N2O. The second kappa shape index (κ2) is 5.52. The van der Waals surface area contributed by atoms with E-state index in [-0.39, 0.29) is 6.10 Å². The summed E-state index contributed by atoms with van der Waals surface area (Å²) in [6, 6.07) is 8.28. The molecular weight excluding hydrogens is 212 g/mol. The van der Waals surface area contributed by atoms with Crippen molar-refractivity contribution in [2.45, 2.75) is 19.4 Å². The molecule has 17 heavy (non-hydrogen) atoms. The highest BCUT2D eigenvalue weighted by molar-refractivity contribution is 5.48. The first-order valence-corrected chi connectivity index (χ1v) is 6.38. The molecule has 1 saturated heterocycles. The molecule has 0 spiro atoms. The van der Waals surface area contributed by atoms with E-state index in [0.717, 1.165) is 25.2 Å². The third kappa shape index (κ3) is 3.20. The molecule has 2 rings (SSSR count). The van der Waals surface area contributed by atoms with Crippen molar-refractivity contribution in [1.82, 2.24) is 4.90 Å². The molecule has 0 bridgehead atoms. The summed E-state index contributed by atoms with van der Waals surface area (Å²) >= 11 is 0. The van der Waals surface area contributed by atoms with Crippen LogP contribution in [0.15, 0.2) is 24.3 Å². The average molecular weight is 234 g/mol. The van der Waals surface area contributed by atoms with Crippen LogP contribution in [0.5, 0.6) is 0 Å². The number of anilines is 1. The lowest BCUT2D eigenvalue weighted by Gasteiger charge is -2.23. The normalized spacial score (nSPS) is 20.1. The molecule has 1 aliphatic rings. The molecule has 1 N–H and O–H groups in total. The lowest BCUT2D eigenvalue weighted by Crippen LogP contribution is -2.28. The largest absolute Gasteiger partial charge is 0.389 e. The minimum absolute atomic E-state index is 0.376. The van der Waals surface area contributed by atoms with E-state index in [1.807, 2.05) is 12.1 Å². The molecule has 1 atom stereocenters. The van der Waals surface area contributed by atoms with Gasteiger partial charge in [-0.25, -0.2) is 0 Å². The van der Waals surface area contributed by atoms with Gasteiger partial charge in [0, 0.05) is 25.3 Å². The lowest BCUT2D eigenvalue weighted by atomic mass is 10.1. The fourth-order valence-corrected chi connectivity index (χ4v) is 2.27. The van der Waals surface area contributed by atoms with Crippen molar-refractivity contribution < 1.29 is 5.11 Å². The van der Waals surface area contributed by atoms with E-state index in [2.05, 4.69) is 29.0 Å². The van der Waals surface area contributed by atoms with Gasteiger partial charge in [-0.05, 0) is 44.6 Å². The van der Waals surface area contributed by atoms with E-state index >= 15 is 0 Å². The first kappa shape index (κ1) is 12.4. The molecule has 0 radical (unpaired) electrons. The zero-order chi connectivity index (χ0) is 12.3. The molecule has 1 aromatic rings. The Labute approximate surface area is 104 Å². The number of hydrogen-bond acceptors (Lipinski definition) is 3. The van der Waals surface area contributed by atoms with Crippen LogP contribution in [0.1, 0.15) is 25.0 Å². The van der Waals surface area contributed by atoms with Gasteiger partial charge < -0.3 is 14.9 Å². The molecule has 0 amide bonds. The highest BCUT2D eigenvalue weighted by Gasteiger charge is 2.12. The Kier molecular flexibility index (Phi) is 4.02. The van der Waals surface area contributed by atoms with Gasteiger partial charge in [-0.1, -0.05) is 12.1 Å². The highest BCUT2D eigenvalue weighted by atomic mass is 16.3. The van der Waals surface area contributed by atoms with Crippen molar-refractivity contribution >= 4 is 5.69 Å². The lowest BCUT2D eigenvalue weighted by molar-refractivity contribution is 0.199. The number of aliphatic hydroxyl groups is 1. The van der Waals surface area contributed by atoms with Crippen molar-refractivity contribution in [3.8, 4) is 0 Å². The summed E-state index contributed by atoms with van der Waals surface area (Å²) in [5.74, 6) is 0. The van der Waals surface area contributed by atoms with Crippen molar-refractivity contribution in [2.75, 3.05) is 38.1 Å². The minimum Gasteiger partial charge on any atom is -0.389 e. The Bertz CT molecular complexity index is 348. The van der Waals surface area contributed by atoms with Gasteiger partial charge in [0.2, 0.25) is 0 Å². The first-order chi connectivity index (χ1) is 8.16. The summed E-state index contributed by atoms with van der Waals surface area (Å²) in [6.07, 6.45) is 0.841. The van der Waals surface area contributed by atoms with Crippen LogP contribution in [-0.4, -0.2) is 43.2 Å². The SMILES string of the molecule is C[C@@H](O)c1ccc(N2CCCN(C)CC2)cc1. The highest BCUT2D eigenvalue weighted by Crippen LogP contribution is 2.20. The molecule has 1 fully saturated rings. The number of benzene rings is 1. The number of rotatable bonds is 2. The van der Waals surface area contributed by atoms with Crippen LogP contribution in [0.4, 0.5) is 5.69 Å². The second-order valence-electron chi connectivity index (χ2n) is 4.91. The monoisotopic (exact) mass is 234 g/mol. The van der Waals surface area contributed by atoms with Crippen LogP contribution in [-0.2, 0) is 0 Å². The summed E-state index contributed by atoms with van der Waals surface area (Å²) < 4.78 is 0. The summed E-state index contributed by atoms with van der Waals surface area (Å²) in [5, 5.41) is 9.48. The van der Waals surface area contributed by atoms with Gasteiger partial charge in [0.25, 0.3) is 0 Å². The fourth-order valence-electron chi connectivity index (χ4n) is 2.27. The quantitative estimate of drug-likeness (QED) is 0.846. The Hall–Kier alpha value is -1.06. The third-order valence-corrected chi connectivity index (χ3v) is 3.46. The maximum absolute atomic E-state index is 9.48. The molecule has 1 heterocycles. The zero-order valence-corrected chi connectivity index (χ0v) is 10.8. The third-order valence-electron chi connectivity index (χ3n) is 3.46. The summed E-state index contributed by atoms with van der Waals surface area (Å²) in [4.78, 5) is 4.81. The summed E-state index contributed by atoms with van der Waals surface area (Å²) in [5.41, 5.74) is 2.25. The van der Waals surface area contributed by atoms with E-state index in [1.165, 1.54) is 18.7 Å². The Morgan fingerprint density at radius 2 is 1.76 bits per heavy atom. The molecule has 0 aliphatic carbocycles. The number of likely N-dealkylation sites (N-methyl/N-ethyl adjacent to an activating group) is 1. The summed E-state index contributed by atoms with van der Waals surface area (Å²) in [7, 11) is 2.18.